The third kappa shape index (κ3) is 2.00. The summed E-state index contributed by atoms with van der Waals surface area (Å²) in [5, 5.41) is 15.5. The smallest absolute Gasteiger partial charge is 0.204 e. The molecule has 1 N–H and O–H groups in total. The fourth-order valence-corrected chi connectivity index (χ4v) is 3.64. The van der Waals surface area contributed by atoms with Crippen molar-refractivity contribution in [3.8, 4) is 11.4 Å². The summed E-state index contributed by atoms with van der Waals surface area (Å²) in [6, 6.07) is 11.8. The zero-order chi connectivity index (χ0) is 15.1. The van der Waals surface area contributed by atoms with Gasteiger partial charge in [-0.15, -0.1) is 21.5 Å². The minimum absolute atomic E-state index is 0.0821. The number of nitrogens with one attached hydrogen (secondary N) is 1. The van der Waals surface area contributed by atoms with E-state index >= 15 is 0 Å². The van der Waals surface area contributed by atoms with E-state index in [1.54, 1.807) is 11.3 Å². The highest BCUT2D eigenvalue weighted by atomic mass is 32.1. The Labute approximate surface area is 129 Å². The van der Waals surface area contributed by atoms with E-state index in [1.807, 2.05) is 30.3 Å². The van der Waals surface area contributed by atoms with Crippen molar-refractivity contribution in [2.45, 2.75) is 13.3 Å². The van der Waals surface area contributed by atoms with Gasteiger partial charge in [-0.3, -0.25) is 4.79 Å². The monoisotopic (exact) mass is 308 g/mol. The number of nitrogens with zero attached hydrogens (tertiary/aromatic N) is 3. The molecule has 0 aliphatic heterocycles. The van der Waals surface area contributed by atoms with Crippen molar-refractivity contribution in [3.05, 3.63) is 52.2 Å². The molecule has 0 bridgehead atoms. The second kappa shape index (κ2) is 4.99. The quantitative estimate of drug-likeness (QED) is 0.577. The molecule has 0 amide bonds. The summed E-state index contributed by atoms with van der Waals surface area (Å²) in [5.74, 6) is 0.531. The first kappa shape index (κ1) is 13.1. The Kier molecular flexibility index (Phi) is 2.97. The van der Waals surface area contributed by atoms with Crippen molar-refractivity contribution in [1.29, 1.82) is 0 Å². The number of H-pyrrole nitrogens is 1. The van der Waals surface area contributed by atoms with Gasteiger partial charge in [0.05, 0.1) is 0 Å². The molecule has 5 nitrogen and oxygen atoms in total. The Hall–Kier alpha value is -2.60. The average molecular weight is 308 g/mol. The van der Waals surface area contributed by atoms with Crippen LogP contribution in [-0.4, -0.2) is 20.6 Å². The number of aryl methyl sites for hydroxylation is 1. The molecule has 4 rings (SSSR count). The second-order valence-corrected chi connectivity index (χ2v) is 6.15. The first-order valence-electron chi connectivity index (χ1n) is 6.99. The third-order valence-electron chi connectivity index (χ3n) is 3.75. The normalized spacial score (nSPS) is 11.3. The van der Waals surface area contributed by atoms with E-state index < -0.39 is 0 Å². The van der Waals surface area contributed by atoms with Gasteiger partial charge in [0, 0.05) is 25.7 Å². The van der Waals surface area contributed by atoms with Crippen LogP contribution >= 0.6 is 11.3 Å². The number of hydrogen-bond acceptors (Lipinski definition) is 5. The molecule has 0 atom stereocenters. The minimum atomic E-state index is 0.0821. The summed E-state index contributed by atoms with van der Waals surface area (Å²) in [5.41, 5.74) is 2.11. The van der Waals surface area contributed by atoms with Crippen LogP contribution in [0.4, 0.5) is 0 Å². The Morgan fingerprint density at radius 1 is 1.09 bits per heavy atom. The summed E-state index contributed by atoms with van der Waals surface area (Å²) < 4.78 is 1.93. The van der Waals surface area contributed by atoms with Crippen LogP contribution in [0.2, 0.25) is 0 Å². The van der Waals surface area contributed by atoms with Crippen molar-refractivity contribution in [2.75, 3.05) is 0 Å². The van der Waals surface area contributed by atoms with Gasteiger partial charge >= 0.3 is 0 Å². The molecule has 0 aliphatic rings. The van der Waals surface area contributed by atoms with Gasteiger partial charge in [0.15, 0.2) is 5.43 Å². The molecular formula is C16H12N4OS. The van der Waals surface area contributed by atoms with Gasteiger partial charge < -0.3 is 0 Å². The predicted molar refractivity (Wildman–Crippen MR) is 88.2 cm³/mol. The standard InChI is InChI=1S/C16H12N4OS/c1-2-9-3-6-13-12(7-9)15(21)11-5-4-10(8-14(11)22-13)16-17-19-20-18-16/h3-8H,2H2,1H3,(H,17,18,19,20). The molecule has 2 aromatic carbocycles. The average Bonchev–Trinajstić information content (AvgIpc) is 3.09. The Bertz CT molecular complexity index is 1040. The molecule has 6 heteroatoms. The maximum Gasteiger partial charge on any atom is 0.204 e. The largest absolute Gasteiger partial charge is 0.289 e. The molecule has 0 saturated heterocycles. The summed E-state index contributed by atoms with van der Waals surface area (Å²) in [4.78, 5) is 12.7. The SMILES string of the molecule is CCc1ccc2sc3cc(-c4nn[nH]n4)ccc3c(=O)c2c1. The van der Waals surface area contributed by atoms with Crippen LogP contribution in [-0.2, 0) is 6.42 Å². The molecule has 4 aromatic rings. The highest BCUT2D eigenvalue weighted by Gasteiger charge is 2.09. The van der Waals surface area contributed by atoms with Crippen LogP contribution in [0.25, 0.3) is 31.6 Å². The van der Waals surface area contributed by atoms with Gasteiger partial charge in [0.1, 0.15) is 0 Å². The van der Waals surface area contributed by atoms with E-state index in [9.17, 15) is 4.79 Å². The Morgan fingerprint density at radius 2 is 2.00 bits per heavy atom. The van der Waals surface area contributed by atoms with Crippen molar-refractivity contribution < 1.29 is 0 Å². The molecule has 2 aromatic heterocycles. The predicted octanol–water partition coefficient (Wildman–Crippen LogP) is 3.16. The van der Waals surface area contributed by atoms with Crippen LogP contribution in [0.1, 0.15) is 12.5 Å². The first-order valence-corrected chi connectivity index (χ1v) is 7.81. The van der Waals surface area contributed by atoms with Gasteiger partial charge in [-0.25, -0.2) is 0 Å². The highest BCUT2D eigenvalue weighted by Crippen LogP contribution is 2.28. The fraction of sp³-hybridized carbons (Fsp3) is 0.125. The molecule has 0 spiro atoms. The molecule has 0 unspecified atom stereocenters. The van der Waals surface area contributed by atoms with E-state index in [2.05, 4.69) is 33.6 Å². The lowest BCUT2D eigenvalue weighted by Gasteiger charge is -2.04. The maximum atomic E-state index is 12.7. The lowest BCUT2D eigenvalue weighted by molar-refractivity contribution is 0.881. The molecule has 0 fully saturated rings. The molecule has 0 radical (unpaired) electrons. The minimum Gasteiger partial charge on any atom is -0.289 e. The number of aromatic amines is 1. The summed E-state index contributed by atoms with van der Waals surface area (Å²) >= 11 is 1.61. The number of fused-ring (bicyclic) bond motifs is 2. The number of rotatable bonds is 2. The number of aromatic nitrogens is 4. The van der Waals surface area contributed by atoms with Gasteiger partial charge in [-0.1, -0.05) is 19.1 Å². The first-order chi connectivity index (χ1) is 10.8. The van der Waals surface area contributed by atoms with Gasteiger partial charge in [0.25, 0.3) is 0 Å². The summed E-state index contributed by atoms with van der Waals surface area (Å²) in [6.45, 7) is 2.09. The van der Waals surface area contributed by atoms with Crippen molar-refractivity contribution in [3.63, 3.8) is 0 Å². The lowest BCUT2D eigenvalue weighted by atomic mass is 10.1. The third-order valence-corrected chi connectivity index (χ3v) is 4.88. The molecule has 108 valence electrons. The number of tetrazole rings is 1. The van der Waals surface area contributed by atoms with Crippen LogP contribution in [0.3, 0.4) is 0 Å². The maximum absolute atomic E-state index is 12.7. The fourth-order valence-electron chi connectivity index (χ4n) is 2.54. The van der Waals surface area contributed by atoms with Gasteiger partial charge in [0.2, 0.25) is 5.82 Å². The van der Waals surface area contributed by atoms with E-state index in [0.29, 0.717) is 5.82 Å². The van der Waals surface area contributed by atoms with Crippen LogP contribution in [0, 0.1) is 0 Å². The molecule has 22 heavy (non-hydrogen) atoms. The van der Waals surface area contributed by atoms with Gasteiger partial charge in [-0.2, -0.15) is 5.21 Å². The van der Waals surface area contributed by atoms with Crippen LogP contribution < -0.4 is 5.43 Å². The zero-order valence-electron chi connectivity index (χ0n) is 11.8. The lowest BCUT2D eigenvalue weighted by Crippen LogP contribution is -2.01. The van der Waals surface area contributed by atoms with E-state index in [0.717, 1.165) is 32.2 Å². The Balaban J connectivity index is 2.02. The van der Waals surface area contributed by atoms with Crippen LogP contribution in [0.15, 0.2) is 41.2 Å². The molecule has 0 saturated carbocycles. The number of hydrogen-bond donors (Lipinski definition) is 1. The zero-order valence-corrected chi connectivity index (χ0v) is 12.6. The van der Waals surface area contributed by atoms with Crippen molar-refractivity contribution in [1.82, 2.24) is 20.6 Å². The molecular weight excluding hydrogens is 296 g/mol. The van der Waals surface area contributed by atoms with Crippen molar-refractivity contribution in [2.24, 2.45) is 0 Å². The Morgan fingerprint density at radius 3 is 2.77 bits per heavy atom. The van der Waals surface area contributed by atoms with Gasteiger partial charge in [-0.05, 0) is 41.5 Å². The topological polar surface area (TPSA) is 71.5 Å². The molecule has 0 aliphatic carbocycles. The van der Waals surface area contributed by atoms with E-state index in [1.165, 1.54) is 5.56 Å². The molecule has 2 heterocycles. The number of benzene rings is 2. The van der Waals surface area contributed by atoms with Crippen molar-refractivity contribution >= 4 is 31.5 Å². The van der Waals surface area contributed by atoms with E-state index in [-0.39, 0.29) is 5.43 Å². The second-order valence-electron chi connectivity index (χ2n) is 5.06. The summed E-state index contributed by atoms with van der Waals surface area (Å²) in [7, 11) is 0. The highest BCUT2D eigenvalue weighted by molar-refractivity contribution is 7.24. The van der Waals surface area contributed by atoms with Crippen LogP contribution in [0.5, 0.6) is 0 Å². The summed E-state index contributed by atoms with van der Waals surface area (Å²) in [6.07, 6.45) is 0.925. The van der Waals surface area contributed by atoms with E-state index in [4.69, 9.17) is 0 Å².